The van der Waals surface area contributed by atoms with E-state index >= 15 is 0 Å². The van der Waals surface area contributed by atoms with Gasteiger partial charge in [-0.05, 0) is 56.1 Å². The number of piperazine rings is 1. The Morgan fingerprint density at radius 2 is 1.73 bits per heavy atom. The third-order valence-corrected chi connectivity index (χ3v) is 4.75. The van der Waals surface area contributed by atoms with E-state index in [4.69, 9.17) is 0 Å². The molecule has 0 aliphatic carbocycles. The van der Waals surface area contributed by atoms with Crippen molar-refractivity contribution in [2.75, 3.05) is 45.8 Å². The fraction of sp³-hybridized carbons (Fsp3) is 0.588. The van der Waals surface area contributed by atoms with Gasteiger partial charge in [0.2, 0.25) is 0 Å². The molecule has 0 spiro atoms. The van der Waals surface area contributed by atoms with Gasteiger partial charge in [0.25, 0.3) is 5.91 Å². The lowest BCUT2D eigenvalue weighted by Gasteiger charge is -2.37. The molecule has 120 valence electrons. The normalized spacial score (nSPS) is 21.0. The highest BCUT2D eigenvalue weighted by Crippen LogP contribution is 2.16. The highest BCUT2D eigenvalue weighted by Gasteiger charge is 2.24. The summed E-state index contributed by atoms with van der Waals surface area (Å²) in [6.07, 6.45) is 2.54. The fourth-order valence-electron chi connectivity index (χ4n) is 3.35. The number of hydrogen-bond acceptors (Lipinski definition) is 4. The molecule has 0 aromatic heterocycles. The van der Waals surface area contributed by atoms with Crippen molar-refractivity contribution in [1.82, 2.24) is 15.1 Å². The van der Waals surface area contributed by atoms with Crippen LogP contribution >= 0.6 is 0 Å². The number of rotatable bonds is 3. The van der Waals surface area contributed by atoms with Crippen LogP contribution in [0.1, 0.15) is 23.2 Å². The second kappa shape index (κ2) is 7.11. The first kappa shape index (κ1) is 15.3. The molecule has 1 aromatic rings. The number of phenols is 1. The number of carbonyl (C=O) groups excluding carboxylic acids is 1. The maximum absolute atomic E-state index is 12.4. The summed E-state index contributed by atoms with van der Waals surface area (Å²) in [6, 6.07) is 6.53. The molecule has 0 unspecified atom stereocenters. The number of carbonyl (C=O) groups is 1. The highest BCUT2D eigenvalue weighted by atomic mass is 16.3. The molecule has 0 saturated carbocycles. The topological polar surface area (TPSA) is 55.8 Å². The Morgan fingerprint density at radius 3 is 2.36 bits per heavy atom. The maximum Gasteiger partial charge on any atom is 0.253 e. The second-order valence-electron chi connectivity index (χ2n) is 6.33. The van der Waals surface area contributed by atoms with Gasteiger partial charge < -0.3 is 15.3 Å². The monoisotopic (exact) mass is 303 g/mol. The second-order valence-corrected chi connectivity index (χ2v) is 6.33. The Morgan fingerprint density at radius 1 is 1.09 bits per heavy atom. The van der Waals surface area contributed by atoms with E-state index in [1.165, 1.54) is 19.4 Å². The number of nitrogens with zero attached hydrogens (tertiary/aromatic N) is 2. The average Bonchev–Trinajstić information content (AvgIpc) is 2.57. The summed E-state index contributed by atoms with van der Waals surface area (Å²) in [5, 5.41) is 12.7. The molecule has 2 aliphatic heterocycles. The number of benzene rings is 1. The molecule has 0 bridgehead atoms. The lowest BCUT2D eigenvalue weighted by Crippen LogP contribution is -2.50. The van der Waals surface area contributed by atoms with Gasteiger partial charge in [-0.15, -0.1) is 0 Å². The summed E-state index contributed by atoms with van der Waals surface area (Å²) >= 11 is 0. The van der Waals surface area contributed by atoms with E-state index in [9.17, 15) is 9.90 Å². The molecular weight excluding hydrogens is 278 g/mol. The van der Waals surface area contributed by atoms with Crippen molar-refractivity contribution < 1.29 is 9.90 Å². The van der Waals surface area contributed by atoms with Crippen molar-refractivity contribution in [3.63, 3.8) is 0 Å². The summed E-state index contributed by atoms with van der Waals surface area (Å²) in [4.78, 5) is 16.8. The Hall–Kier alpha value is -1.59. The molecule has 5 nitrogen and oxygen atoms in total. The predicted molar refractivity (Wildman–Crippen MR) is 86.0 cm³/mol. The summed E-state index contributed by atoms with van der Waals surface area (Å²) in [6.45, 7) is 6.98. The molecule has 22 heavy (non-hydrogen) atoms. The highest BCUT2D eigenvalue weighted by molar-refractivity contribution is 5.94. The van der Waals surface area contributed by atoms with Crippen molar-refractivity contribution in [1.29, 1.82) is 0 Å². The third kappa shape index (κ3) is 3.78. The molecule has 2 N–H and O–H groups in total. The molecular formula is C17H25N3O2. The van der Waals surface area contributed by atoms with Gasteiger partial charge in [0, 0.05) is 38.3 Å². The third-order valence-electron chi connectivity index (χ3n) is 4.75. The van der Waals surface area contributed by atoms with E-state index < -0.39 is 0 Å². The van der Waals surface area contributed by atoms with Crippen LogP contribution in [-0.2, 0) is 0 Å². The van der Waals surface area contributed by atoms with Crippen LogP contribution in [0.15, 0.2) is 24.3 Å². The van der Waals surface area contributed by atoms with E-state index in [0.717, 1.165) is 45.2 Å². The minimum absolute atomic E-state index is 0.0708. The van der Waals surface area contributed by atoms with Crippen LogP contribution in [0, 0.1) is 5.92 Å². The number of amides is 1. The van der Waals surface area contributed by atoms with Crippen LogP contribution in [0.2, 0.25) is 0 Å². The zero-order valence-electron chi connectivity index (χ0n) is 13.0. The average molecular weight is 303 g/mol. The van der Waals surface area contributed by atoms with Crippen LogP contribution in [0.25, 0.3) is 0 Å². The zero-order valence-corrected chi connectivity index (χ0v) is 13.0. The molecule has 1 amide bonds. The molecule has 0 atom stereocenters. The molecule has 5 heteroatoms. The summed E-state index contributed by atoms with van der Waals surface area (Å²) in [7, 11) is 0. The Kier molecular flexibility index (Phi) is 4.95. The number of aromatic hydroxyl groups is 1. The molecule has 2 aliphatic rings. The quantitative estimate of drug-likeness (QED) is 0.879. The Balaban J connectivity index is 1.48. The van der Waals surface area contributed by atoms with Gasteiger partial charge in [0.05, 0.1) is 0 Å². The Labute approximate surface area is 131 Å². The van der Waals surface area contributed by atoms with Gasteiger partial charge in [-0.2, -0.15) is 0 Å². The predicted octanol–water partition coefficient (Wildman–Crippen LogP) is 1.15. The standard InChI is InChI=1S/C17H25N3O2/c21-16-3-1-15(2-4-16)17(22)20-11-9-19(10-12-20)13-14-5-7-18-8-6-14/h1-4,14,18,21H,5-13H2. The first-order valence-corrected chi connectivity index (χ1v) is 8.24. The van der Waals surface area contributed by atoms with E-state index in [1.807, 2.05) is 4.90 Å². The van der Waals surface area contributed by atoms with Gasteiger partial charge in [-0.3, -0.25) is 9.69 Å². The van der Waals surface area contributed by atoms with Crippen molar-refractivity contribution in [3.05, 3.63) is 29.8 Å². The summed E-state index contributed by atoms with van der Waals surface area (Å²) < 4.78 is 0. The van der Waals surface area contributed by atoms with Crippen LogP contribution in [0.3, 0.4) is 0 Å². The number of hydrogen-bond donors (Lipinski definition) is 2. The zero-order chi connectivity index (χ0) is 15.4. The van der Waals surface area contributed by atoms with E-state index in [0.29, 0.717) is 5.56 Å². The Bertz CT molecular complexity index is 489. The lowest BCUT2D eigenvalue weighted by atomic mass is 9.97. The maximum atomic E-state index is 12.4. The molecule has 2 fully saturated rings. The molecule has 2 saturated heterocycles. The minimum Gasteiger partial charge on any atom is -0.508 e. The molecule has 1 aromatic carbocycles. The van der Waals surface area contributed by atoms with Gasteiger partial charge in [0.1, 0.15) is 5.75 Å². The minimum atomic E-state index is 0.0708. The van der Waals surface area contributed by atoms with E-state index in [2.05, 4.69) is 10.2 Å². The number of piperidine rings is 1. The molecule has 2 heterocycles. The van der Waals surface area contributed by atoms with Gasteiger partial charge in [-0.1, -0.05) is 0 Å². The number of phenolic OH excluding ortho intramolecular Hbond substituents is 1. The van der Waals surface area contributed by atoms with Crippen molar-refractivity contribution in [2.24, 2.45) is 5.92 Å². The van der Waals surface area contributed by atoms with E-state index in [-0.39, 0.29) is 11.7 Å². The first-order valence-electron chi connectivity index (χ1n) is 8.24. The largest absolute Gasteiger partial charge is 0.508 e. The molecule has 3 rings (SSSR count). The van der Waals surface area contributed by atoms with Gasteiger partial charge in [0.15, 0.2) is 0 Å². The van der Waals surface area contributed by atoms with Crippen molar-refractivity contribution in [3.8, 4) is 5.75 Å². The van der Waals surface area contributed by atoms with Crippen LogP contribution in [0.4, 0.5) is 0 Å². The molecule has 0 radical (unpaired) electrons. The summed E-state index contributed by atoms with van der Waals surface area (Å²) in [5.74, 6) is 1.07. The van der Waals surface area contributed by atoms with Crippen molar-refractivity contribution >= 4 is 5.91 Å². The van der Waals surface area contributed by atoms with Gasteiger partial charge >= 0.3 is 0 Å². The SMILES string of the molecule is O=C(c1ccc(O)cc1)N1CCN(CC2CCNCC2)CC1. The van der Waals surface area contributed by atoms with E-state index in [1.54, 1.807) is 24.3 Å². The fourth-order valence-corrected chi connectivity index (χ4v) is 3.35. The van der Waals surface area contributed by atoms with Crippen LogP contribution in [0.5, 0.6) is 5.75 Å². The van der Waals surface area contributed by atoms with Crippen molar-refractivity contribution in [2.45, 2.75) is 12.8 Å². The van der Waals surface area contributed by atoms with Crippen LogP contribution < -0.4 is 5.32 Å². The van der Waals surface area contributed by atoms with Crippen LogP contribution in [-0.4, -0.2) is 66.6 Å². The first-order chi connectivity index (χ1) is 10.7. The smallest absolute Gasteiger partial charge is 0.253 e. The lowest BCUT2D eigenvalue weighted by molar-refractivity contribution is 0.0608. The summed E-state index contributed by atoms with van der Waals surface area (Å²) in [5.41, 5.74) is 0.657. The van der Waals surface area contributed by atoms with Gasteiger partial charge in [-0.25, -0.2) is 0 Å². The number of nitrogens with one attached hydrogen (secondary N) is 1.